The molecule has 0 bridgehead atoms. The molecule has 4 heterocycles. The fraction of sp³-hybridized carbons (Fsp3) is 0.367. The average Bonchev–Trinajstić information content (AvgIpc) is 3.55. The molecular weight excluding hydrogens is 560 g/mol. The number of nitrogens with one attached hydrogen (secondary N) is 1. The van der Waals surface area contributed by atoms with E-state index in [2.05, 4.69) is 5.32 Å². The zero-order valence-electron chi connectivity index (χ0n) is 23.8. The lowest BCUT2D eigenvalue weighted by molar-refractivity contribution is -0.150. The maximum atomic E-state index is 15.2. The summed E-state index contributed by atoms with van der Waals surface area (Å²) in [5.41, 5.74) is 0.774. The summed E-state index contributed by atoms with van der Waals surface area (Å²) in [4.78, 5) is 64.1. The number of aliphatic imine (C=N–C) groups is 1. The number of ether oxygens (including phenoxy) is 3. The highest BCUT2D eigenvalue weighted by molar-refractivity contribution is 8.16. The van der Waals surface area contributed by atoms with E-state index in [1.807, 2.05) is 0 Å². The molecule has 0 saturated carbocycles. The minimum atomic E-state index is -1.69. The molecule has 0 radical (unpaired) electrons. The number of rotatable bonds is 5. The Morgan fingerprint density at radius 2 is 1.83 bits per heavy atom. The summed E-state index contributed by atoms with van der Waals surface area (Å²) in [5.74, 6) is -2.60. The van der Waals surface area contributed by atoms with Gasteiger partial charge in [0.25, 0.3) is 5.91 Å². The zero-order valence-corrected chi connectivity index (χ0v) is 24.6. The molecule has 2 aromatic rings. The summed E-state index contributed by atoms with van der Waals surface area (Å²) in [6, 6.07) is 13.3. The Kier molecular flexibility index (Phi) is 6.65. The summed E-state index contributed by atoms with van der Waals surface area (Å²) in [5, 5.41) is 3.23. The van der Waals surface area contributed by atoms with Crippen LogP contribution >= 0.6 is 11.8 Å². The number of likely N-dealkylation sites (N-methyl/N-ethyl adjacent to an activating group) is 1. The Bertz CT molecular complexity index is 1590. The first-order valence-corrected chi connectivity index (χ1v) is 14.3. The second kappa shape index (κ2) is 9.99. The Morgan fingerprint density at radius 1 is 1.12 bits per heavy atom. The van der Waals surface area contributed by atoms with Gasteiger partial charge in [-0.05, 0) is 44.7 Å². The summed E-state index contributed by atoms with van der Waals surface area (Å²) in [6.07, 6.45) is 0. The molecule has 12 heteroatoms. The zero-order chi connectivity index (χ0) is 30.0. The molecule has 2 fully saturated rings. The van der Waals surface area contributed by atoms with Gasteiger partial charge in [-0.1, -0.05) is 42.1 Å². The van der Waals surface area contributed by atoms with Crippen LogP contribution < -0.4 is 10.1 Å². The van der Waals surface area contributed by atoms with Crippen LogP contribution in [0.25, 0.3) is 0 Å². The fourth-order valence-electron chi connectivity index (χ4n) is 6.80. The Hall–Kier alpha value is -4.16. The summed E-state index contributed by atoms with van der Waals surface area (Å²) < 4.78 is 14.3. The summed E-state index contributed by atoms with van der Waals surface area (Å²) in [6.45, 7) is 3.60. The number of esters is 2. The number of thioether (sulfide) groups is 1. The van der Waals surface area contributed by atoms with Crippen molar-refractivity contribution in [3.63, 3.8) is 0 Å². The van der Waals surface area contributed by atoms with Crippen molar-refractivity contribution in [2.24, 2.45) is 10.9 Å². The van der Waals surface area contributed by atoms with E-state index >= 15 is 4.79 Å². The van der Waals surface area contributed by atoms with Gasteiger partial charge in [0, 0.05) is 17.8 Å². The van der Waals surface area contributed by atoms with Crippen LogP contribution in [0.5, 0.6) is 5.75 Å². The number of carbonyl (C=O) groups is 4. The quantitative estimate of drug-likeness (QED) is 0.523. The minimum absolute atomic E-state index is 0.0820. The SMILES string of the molecule is CCOC(=O)C1=C(C)N=C2S[C@@]3(C(=O)N2[C@@H]1c1ccc(OC)cc1)[C@@H](C(=O)OC)CN(C)[C@]31C(=O)Nc2ccccc21. The number of allylic oxidation sites excluding steroid dienone is 1. The third-order valence-electron chi connectivity index (χ3n) is 8.54. The predicted molar refractivity (Wildman–Crippen MR) is 155 cm³/mol. The highest BCUT2D eigenvalue weighted by atomic mass is 32.2. The van der Waals surface area contributed by atoms with Crippen LogP contribution in [0.1, 0.15) is 31.0 Å². The number of benzene rings is 2. The Balaban J connectivity index is 1.60. The molecule has 42 heavy (non-hydrogen) atoms. The van der Waals surface area contributed by atoms with Crippen LogP contribution in [0.3, 0.4) is 0 Å². The van der Waals surface area contributed by atoms with Crippen LogP contribution in [0.2, 0.25) is 0 Å². The lowest BCUT2D eigenvalue weighted by Crippen LogP contribution is -2.63. The second-order valence-corrected chi connectivity index (χ2v) is 11.7. The molecule has 4 aliphatic rings. The summed E-state index contributed by atoms with van der Waals surface area (Å²) in [7, 11) is 4.55. The van der Waals surface area contributed by atoms with Crippen molar-refractivity contribution in [2.45, 2.75) is 30.2 Å². The van der Waals surface area contributed by atoms with Crippen molar-refractivity contribution in [3.05, 3.63) is 70.9 Å². The molecule has 6 rings (SSSR count). The molecule has 0 unspecified atom stereocenters. The van der Waals surface area contributed by atoms with E-state index in [1.54, 1.807) is 81.4 Å². The van der Waals surface area contributed by atoms with Crippen molar-refractivity contribution < 1.29 is 33.4 Å². The molecular formula is C30H30N4O7S. The van der Waals surface area contributed by atoms with Gasteiger partial charge < -0.3 is 19.5 Å². The lowest BCUT2D eigenvalue weighted by Gasteiger charge is -2.41. The third kappa shape index (κ3) is 3.48. The van der Waals surface area contributed by atoms with E-state index < -0.39 is 46.0 Å². The number of hydrogen-bond acceptors (Lipinski definition) is 10. The van der Waals surface area contributed by atoms with Gasteiger partial charge in [0.1, 0.15) is 10.5 Å². The average molecular weight is 591 g/mol. The van der Waals surface area contributed by atoms with Crippen LogP contribution in [0.15, 0.2) is 64.8 Å². The first kappa shape index (κ1) is 28.0. The van der Waals surface area contributed by atoms with Gasteiger partial charge in [0.15, 0.2) is 10.7 Å². The van der Waals surface area contributed by atoms with Gasteiger partial charge in [-0.25, -0.2) is 9.79 Å². The number of methoxy groups -OCH3 is 2. The third-order valence-corrected chi connectivity index (χ3v) is 10.1. The lowest BCUT2D eigenvalue weighted by atomic mass is 9.73. The highest BCUT2D eigenvalue weighted by Gasteiger charge is 2.80. The Labute approximate surface area is 246 Å². The molecule has 218 valence electrons. The van der Waals surface area contributed by atoms with Gasteiger partial charge in [0.2, 0.25) is 5.91 Å². The fourth-order valence-corrected chi connectivity index (χ4v) is 8.57. The molecule has 4 aliphatic heterocycles. The predicted octanol–water partition coefficient (Wildman–Crippen LogP) is 2.84. The highest BCUT2D eigenvalue weighted by Crippen LogP contribution is 2.65. The number of para-hydroxylation sites is 1. The van der Waals surface area contributed by atoms with E-state index in [1.165, 1.54) is 12.0 Å². The topological polar surface area (TPSA) is 127 Å². The van der Waals surface area contributed by atoms with E-state index in [0.29, 0.717) is 28.3 Å². The smallest absolute Gasteiger partial charge is 0.338 e. The molecule has 2 aromatic carbocycles. The standard InChI is InChI=1S/C30H30N4O7S/c1-6-41-25(36)22-16(2)31-28-34(23(22)17-11-13-18(39-4)14-12-17)27(38)30(42-28)20(24(35)40-5)15-33(3)29(30)19-9-7-8-10-21(19)32-26(29)37/h7-14,20,23H,6,15H2,1-5H3,(H,32,37)/t20-,23-,29-,30-/m1/s1. The van der Waals surface area contributed by atoms with Gasteiger partial charge in [-0.2, -0.15) is 0 Å². The van der Waals surface area contributed by atoms with Gasteiger partial charge >= 0.3 is 11.9 Å². The minimum Gasteiger partial charge on any atom is -0.497 e. The number of likely N-dealkylation sites (tertiary alicyclic amines) is 1. The molecule has 11 nitrogen and oxygen atoms in total. The van der Waals surface area contributed by atoms with Crippen molar-refractivity contribution >= 4 is 46.4 Å². The van der Waals surface area contributed by atoms with Crippen molar-refractivity contribution in [3.8, 4) is 5.75 Å². The first-order chi connectivity index (χ1) is 20.2. The van der Waals surface area contributed by atoms with Crippen LogP contribution in [-0.2, 0) is 34.2 Å². The number of anilines is 1. The Morgan fingerprint density at radius 3 is 2.50 bits per heavy atom. The molecule has 2 saturated heterocycles. The van der Waals surface area contributed by atoms with E-state index in [-0.39, 0.29) is 23.9 Å². The van der Waals surface area contributed by atoms with Crippen molar-refractivity contribution in [2.75, 3.05) is 39.7 Å². The number of fused-ring (bicyclic) bond motifs is 4. The van der Waals surface area contributed by atoms with Gasteiger partial charge in [0.05, 0.1) is 44.1 Å². The first-order valence-electron chi connectivity index (χ1n) is 13.5. The number of carbonyl (C=O) groups excluding carboxylic acids is 4. The summed E-state index contributed by atoms with van der Waals surface area (Å²) >= 11 is 1.08. The second-order valence-electron chi connectivity index (χ2n) is 10.5. The molecule has 2 spiro atoms. The normalized spacial score (nSPS) is 28.1. The molecule has 4 atom stereocenters. The maximum absolute atomic E-state index is 15.2. The molecule has 2 amide bonds. The van der Waals surface area contributed by atoms with Crippen molar-refractivity contribution in [1.82, 2.24) is 9.80 Å². The van der Waals surface area contributed by atoms with Crippen molar-refractivity contribution in [1.29, 1.82) is 0 Å². The molecule has 1 N–H and O–H groups in total. The molecule has 0 aromatic heterocycles. The maximum Gasteiger partial charge on any atom is 0.338 e. The van der Waals surface area contributed by atoms with Gasteiger partial charge in [-0.3, -0.25) is 24.2 Å². The monoisotopic (exact) mass is 590 g/mol. The number of amides is 2. The van der Waals surface area contributed by atoms with Crippen LogP contribution in [-0.4, -0.2) is 77.9 Å². The van der Waals surface area contributed by atoms with E-state index in [9.17, 15) is 14.4 Å². The largest absolute Gasteiger partial charge is 0.497 e. The van der Waals surface area contributed by atoms with Crippen LogP contribution in [0.4, 0.5) is 5.69 Å². The number of nitrogens with zero attached hydrogens (tertiary/aromatic N) is 3. The molecule has 0 aliphatic carbocycles. The number of amidine groups is 1. The van der Waals surface area contributed by atoms with E-state index in [4.69, 9.17) is 19.2 Å². The van der Waals surface area contributed by atoms with E-state index in [0.717, 1.165) is 11.8 Å². The van der Waals surface area contributed by atoms with Gasteiger partial charge in [-0.15, -0.1) is 0 Å². The number of hydrogen-bond donors (Lipinski definition) is 1. The van der Waals surface area contributed by atoms with Crippen LogP contribution in [0, 0.1) is 5.92 Å².